The fourth-order valence-corrected chi connectivity index (χ4v) is 3.00. The van der Waals surface area contributed by atoms with Crippen molar-refractivity contribution in [1.29, 1.82) is 0 Å². The molecule has 134 valence electrons. The minimum Gasteiger partial charge on any atom is -0.339 e. The highest BCUT2D eigenvalue weighted by atomic mass is 16.5. The molecule has 0 spiro atoms. The molecule has 2 N–H and O–H groups in total. The van der Waals surface area contributed by atoms with Crippen LogP contribution in [0.1, 0.15) is 31.3 Å². The van der Waals surface area contributed by atoms with E-state index in [0.717, 1.165) is 18.7 Å². The fraction of sp³-hybridized carbons (Fsp3) is 0.500. The summed E-state index contributed by atoms with van der Waals surface area (Å²) in [7, 11) is 0. The van der Waals surface area contributed by atoms with Gasteiger partial charge in [0.05, 0.1) is 12.1 Å². The van der Waals surface area contributed by atoms with Crippen molar-refractivity contribution in [3.63, 3.8) is 0 Å². The van der Waals surface area contributed by atoms with Crippen LogP contribution in [0.4, 0.5) is 0 Å². The second kappa shape index (κ2) is 7.33. The number of nitrogens with zero attached hydrogens (tertiary/aromatic N) is 4. The van der Waals surface area contributed by atoms with E-state index in [2.05, 4.69) is 22.0 Å². The van der Waals surface area contributed by atoms with Crippen LogP contribution >= 0.6 is 0 Å². The maximum Gasteiger partial charge on any atom is 0.244 e. The van der Waals surface area contributed by atoms with E-state index in [9.17, 15) is 4.79 Å². The lowest BCUT2D eigenvalue weighted by Crippen LogP contribution is -2.52. The van der Waals surface area contributed by atoms with Gasteiger partial charge in [-0.15, -0.1) is 0 Å². The van der Waals surface area contributed by atoms with Crippen molar-refractivity contribution in [1.82, 2.24) is 19.9 Å². The van der Waals surface area contributed by atoms with Crippen molar-refractivity contribution < 1.29 is 9.32 Å². The predicted molar refractivity (Wildman–Crippen MR) is 94.7 cm³/mol. The van der Waals surface area contributed by atoms with E-state index in [0.29, 0.717) is 24.8 Å². The third-order valence-electron chi connectivity index (χ3n) is 4.67. The Labute approximate surface area is 147 Å². The summed E-state index contributed by atoms with van der Waals surface area (Å²) in [5.41, 5.74) is 7.82. The zero-order valence-electron chi connectivity index (χ0n) is 15.0. The predicted octanol–water partition coefficient (Wildman–Crippen LogP) is 1.60. The van der Waals surface area contributed by atoms with Crippen molar-refractivity contribution in [2.24, 2.45) is 5.73 Å². The first-order valence-corrected chi connectivity index (χ1v) is 8.65. The highest BCUT2D eigenvalue weighted by molar-refractivity contribution is 5.81. The van der Waals surface area contributed by atoms with Crippen molar-refractivity contribution in [2.45, 2.75) is 32.9 Å². The number of hydrogen-bond donors (Lipinski definition) is 1. The van der Waals surface area contributed by atoms with Crippen LogP contribution in [-0.4, -0.2) is 58.1 Å². The molecule has 2 heterocycles. The smallest absolute Gasteiger partial charge is 0.244 e. The zero-order valence-corrected chi connectivity index (χ0v) is 15.0. The number of nitrogens with two attached hydrogens (primary N) is 1. The molecular weight excluding hydrogens is 318 g/mol. The number of hydrogen-bond acceptors (Lipinski definition) is 6. The monoisotopic (exact) mass is 343 g/mol. The summed E-state index contributed by atoms with van der Waals surface area (Å²) in [6, 6.07) is 7.61. The number of carbonyl (C=O) groups is 1. The Bertz CT molecular complexity index is 717. The molecule has 0 radical (unpaired) electrons. The summed E-state index contributed by atoms with van der Waals surface area (Å²) < 4.78 is 5.47. The largest absolute Gasteiger partial charge is 0.339 e. The summed E-state index contributed by atoms with van der Waals surface area (Å²) in [4.78, 5) is 20.6. The lowest BCUT2D eigenvalue weighted by atomic mass is 10.1. The van der Waals surface area contributed by atoms with Gasteiger partial charge in [-0.2, -0.15) is 4.98 Å². The molecule has 2 atom stereocenters. The van der Waals surface area contributed by atoms with Gasteiger partial charge in [0.1, 0.15) is 0 Å². The van der Waals surface area contributed by atoms with Crippen LogP contribution in [0.5, 0.6) is 0 Å². The molecule has 1 aromatic carbocycles. The van der Waals surface area contributed by atoms with E-state index < -0.39 is 6.04 Å². The van der Waals surface area contributed by atoms with Gasteiger partial charge in [-0.25, -0.2) is 0 Å². The third kappa shape index (κ3) is 3.88. The first-order chi connectivity index (χ1) is 12.0. The number of aryl methyl sites for hydroxylation is 1. The average Bonchev–Trinajstić information content (AvgIpc) is 3.11. The molecule has 1 saturated heterocycles. The van der Waals surface area contributed by atoms with Crippen LogP contribution in [-0.2, 0) is 4.79 Å². The zero-order chi connectivity index (χ0) is 18.0. The molecule has 0 aliphatic carbocycles. The SMILES string of the molecule is Cc1ccc(-c2noc(C(C)N3CCN(C(=O)C(C)N)CC3)n2)cc1. The van der Waals surface area contributed by atoms with Crippen LogP contribution in [0.3, 0.4) is 0 Å². The third-order valence-corrected chi connectivity index (χ3v) is 4.67. The highest BCUT2D eigenvalue weighted by Crippen LogP contribution is 2.23. The highest BCUT2D eigenvalue weighted by Gasteiger charge is 2.28. The molecule has 2 unspecified atom stereocenters. The topological polar surface area (TPSA) is 88.5 Å². The molecule has 25 heavy (non-hydrogen) atoms. The van der Waals surface area contributed by atoms with Gasteiger partial charge in [0, 0.05) is 31.7 Å². The Morgan fingerprint density at radius 2 is 1.80 bits per heavy atom. The van der Waals surface area contributed by atoms with Crippen LogP contribution in [0.25, 0.3) is 11.4 Å². The Hall–Kier alpha value is -2.25. The van der Waals surface area contributed by atoms with Crippen molar-refractivity contribution >= 4 is 5.91 Å². The molecule has 2 aromatic rings. The van der Waals surface area contributed by atoms with E-state index in [1.54, 1.807) is 6.92 Å². The summed E-state index contributed by atoms with van der Waals surface area (Å²) in [5, 5.41) is 4.10. The summed E-state index contributed by atoms with van der Waals surface area (Å²) >= 11 is 0. The number of aromatic nitrogens is 2. The van der Waals surface area contributed by atoms with E-state index in [4.69, 9.17) is 10.3 Å². The van der Waals surface area contributed by atoms with Crippen LogP contribution in [0.2, 0.25) is 0 Å². The van der Waals surface area contributed by atoms with Crippen LogP contribution in [0.15, 0.2) is 28.8 Å². The van der Waals surface area contributed by atoms with Gasteiger partial charge >= 0.3 is 0 Å². The number of benzene rings is 1. The van der Waals surface area contributed by atoms with Gasteiger partial charge in [0.2, 0.25) is 17.6 Å². The summed E-state index contributed by atoms with van der Waals surface area (Å²) in [5.74, 6) is 1.21. The second-order valence-corrected chi connectivity index (χ2v) is 6.65. The molecular formula is C18H25N5O2. The molecule has 3 rings (SSSR count). The second-order valence-electron chi connectivity index (χ2n) is 6.65. The van der Waals surface area contributed by atoms with Gasteiger partial charge in [-0.3, -0.25) is 9.69 Å². The Morgan fingerprint density at radius 1 is 1.16 bits per heavy atom. The first kappa shape index (κ1) is 17.6. The van der Waals surface area contributed by atoms with Crippen molar-refractivity contribution in [3.05, 3.63) is 35.7 Å². The minimum atomic E-state index is -0.447. The normalized spacial score (nSPS) is 18.2. The quantitative estimate of drug-likeness (QED) is 0.907. The number of rotatable bonds is 4. The van der Waals surface area contributed by atoms with E-state index in [-0.39, 0.29) is 11.9 Å². The molecule has 1 aromatic heterocycles. The van der Waals surface area contributed by atoms with E-state index >= 15 is 0 Å². The molecule has 1 fully saturated rings. The molecule has 7 nitrogen and oxygen atoms in total. The molecule has 0 saturated carbocycles. The van der Waals surface area contributed by atoms with Gasteiger partial charge in [0.25, 0.3) is 0 Å². The maximum atomic E-state index is 12.0. The molecule has 1 aliphatic heterocycles. The van der Waals surface area contributed by atoms with Crippen LogP contribution in [0, 0.1) is 6.92 Å². The van der Waals surface area contributed by atoms with Gasteiger partial charge in [-0.05, 0) is 20.8 Å². The standard InChI is InChI=1S/C18H25N5O2/c1-12-4-6-15(7-5-12)16-20-17(25-21-16)14(3)22-8-10-23(11-9-22)18(24)13(2)19/h4-7,13-14H,8-11,19H2,1-3H3. The van der Waals surface area contributed by atoms with Gasteiger partial charge in [0.15, 0.2) is 0 Å². The van der Waals surface area contributed by atoms with Crippen molar-refractivity contribution in [3.8, 4) is 11.4 Å². The Balaban J connectivity index is 1.63. The van der Waals surface area contributed by atoms with Gasteiger partial charge < -0.3 is 15.2 Å². The molecule has 7 heteroatoms. The molecule has 0 bridgehead atoms. The molecule has 1 aliphatic rings. The Morgan fingerprint density at radius 3 is 2.40 bits per heavy atom. The lowest BCUT2D eigenvalue weighted by molar-refractivity contribution is -0.134. The molecule has 1 amide bonds. The number of piperazine rings is 1. The fourth-order valence-electron chi connectivity index (χ4n) is 3.00. The van der Waals surface area contributed by atoms with E-state index in [1.165, 1.54) is 5.56 Å². The lowest BCUT2D eigenvalue weighted by Gasteiger charge is -2.37. The summed E-state index contributed by atoms with van der Waals surface area (Å²) in [6.07, 6.45) is 0. The Kier molecular flexibility index (Phi) is 5.15. The van der Waals surface area contributed by atoms with Crippen molar-refractivity contribution in [2.75, 3.05) is 26.2 Å². The number of carbonyl (C=O) groups excluding carboxylic acids is 1. The summed E-state index contributed by atoms with van der Waals surface area (Å²) in [6.45, 7) is 8.69. The van der Waals surface area contributed by atoms with Crippen LogP contribution < -0.4 is 5.73 Å². The van der Waals surface area contributed by atoms with Gasteiger partial charge in [-0.1, -0.05) is 35.0 Å². The number of amides is 1. The maximum absolute atomic E-state index is 12.0. The average molecular weight is 343 g/mol. The first-order valence-electron chi connectivity index (χ1n) is 8.65. The minimum absolute atomic E-state index is 0.00625. The van der Waals surface area contributed by atoms with E-state index in [1.807, 2.05) is 36.1 Å².